The van der Waals surface area contributed by atoms with E-state index in [1.165, 1.54) is 17.0 Å². The monoisotopic (exact) mass is 659 g/mol. The number of aromatic nitrogens is 3. The highest BCUT2D eigenvalue weighted by atomic mass is 19.4. The van der Waals surface area contributed by atoms with Gasteiger partial charge in [0.25, 0.3) is 5.91 Å². The first-order valence-corrected chi connectivity index (χ1v) is 16.2. The number of likely N-dealkylation sites (tertiary alicyclic amines) is 1. The topological polar surface area (TPSA) is 86.6 Å². The van der Waals surface area contributed by atoms with E-state index in [0.717, 1.165) is 24.2 Å². The predicted molar refractivity (Wildman–Crippen MR) is 176 cm³/mol. The molecular formula is C36H40F3N7O2. The fraction of sp³-hybridized carbons (Fsp3) is 0.444. The predicted octanol–water partition coefficient (Wildman–Crippen LogP) is 4.52. The first-order chi connectivity index (χ1) is 22.9. The molecule has 1 saturated carbocycles. The first kappa shape index (κ1) is 33.4. The molecule has 12 heteroatoms. The molecule has 3 aliphatic rings. The molecule has 2 aliphatic heterocycles. The summed E-state index contributed by atoms with van der Waals surface area (Å²) in [5, 5.41) is 11.5. The number of terminal acetylenes is 1. The van der Waals surface area contributed by atoms with Gasteiger partial charge in [-0.05, 0) is 73.2 Å². The second-order valence-electron chi connectivity index (χ2n) is 13.5. The zero-order valence-corrected chi connectivity index (χ0v) is 27.4. The number of amides is 2. The van der Waals surface area contributed by atoms with Crippen LogP contribution in [0.4, 0.5) is 18.9 Å². The zero-order chi connectivity index (χ0) is 34.2. The lowest BCUT2D eigenvalue weighted by molar-refractivity contribution is -0.138. The maximum Gasteiger partial charge on any atom is 0.416 e. The highest BCUT2D eigenvalue weighted by Crippen LogP contribution is 2.52. The molecule has 0 bridgehead atoms. The molecule has 3 aromatic rings. The quantitative estimate of drug-likeness (QED) is 0.255. The number of carbonyl (C=O) groups excluding carboxylic acids is 2. The van der Waals surface area contributed by atoms with Gasteiger partial charge < -0.3 is 14.8 Å². The lowest BCUT2D eigenvalue weighted by Gasteiger charge is -2.46. The van der Waals surface area contributed by atoms with Gasteiger partial charge >= 0.3 is 6.18 Å². The summed E-state index contributed by atoms with van der Waals surface area (Å²) in [6.45, 7) is 4.36. The van der Waals surface area contributed by atoms with Crippen molar-refractivity contribution in [3.63, 3.8) is 0 Å². The van der Waals surface area contributed by atoms with Gasteiger partial charge in [0.1, 0.15) is 12.2 Å². The van der Waals surface area contributed by atoms with Gasteiger partial charge in [0.05, 0.1) is 24.1 Å². The average Bonchev–Trinajstić information content (AvgIpc) is 3.74. The number of aryl methyl sites for hydroxylation is 1. The molecule has 2 fully saturated rings. The van der Waals surface area contributed by atoms with Gasteiger partial charge in [-0.3, -0.25) is 19.4 Å². The molecule has 0 radical (unpaired) electrons. The molecule has 0 unspecified atom stereocenters. The standard InChI is InChI=1S/C36H40F3N7O2/c1-5-12-43(3)13-7-10-32(47)41-27-11-14-45(21-27)20-25-15-29-30(31(16-25)36(37,38)39)22-46(33(29)48)28-9-6-8-26(17-28)35(18-24(2)19-35)34-42-40-23-44(34)4/h1,6-10,15-17,23-24,27H,11-14,18-22H2,2-4H3,(H,41,47)/b10-7+/t24?,27-,35?/m0/s1. The summed E-state index contributed by atoms with van der Waals surface area (Å²) < 4.78 is 45.3. The van der Waals surface area contributed by atoms with Crippen molar-refractivity contribution >= 4 is 17.5 Å². The summed E-state index contributed by atoms with van der Waals surface area (Å²) in [6, 6.07) is 10.2. The minimum atomic E-state index is -4.63. The molecule has 1 N–H and O–H groups in total. The smallest absolute Gasteiger partial charge is 0.348 e. The zero-order valence-electron chi connectivity index (χ0n) is 27.4. The van der Waals surface area contributed by atoms with Crippen molar-refractivity contribution in [3.8, 4) is 12.3 Å². The van der Waals surface area contributed by atoms with Crippen molar-refractivity contribution < 1.29 is 22.8 Å². The Morgan fingerprint density at radius 1 is 1.25 bits per heavy atom. The number of hydrogen-bond donors (Lipinski definition) is 1. The SMILES string of the molecule is C#CCN(C)C/C=C/C(=O)N[C@H]1CCN(Cc2cc3c(c(C(F)(F)F)c2)CN(c2cccc(C4(c5nncn5C)CC(C)C4)c2)C3=O)C1. The van der Waals surface area contributed by atoms with Gasteiger partial charge in [-0.1, -0.05) is 31.1 Å². The van der Waals surface area contributed by atoms with E-state index in [4.69, 9.17) is 6.42 Å². The molecule has 48 heavy (non-hydrogen) atoms. The third-order valence-corrected chi connectivity index (χ3v) is 9.72. The van der Waals surface area contributed by atoms with Crippen molar-refractivity contribution in [1.82, 2.24) is 29.9 Å². The van der Waals surface area contributed by atoms with E-state index in [-0.39, 0.29) is 41.6 Å². The summed E-state index contributed by atoms with van der Waals surface area (Å²) in [6.07, 6.45) is 7.95. The number of fused-ring (bicyclic) bond motifs is 1. The maximum atomic E-state index is 14.5. The summed E-state index contributed by atoms with van der Waals surface area (Å²) in [5.41, 5.74) is 0.856. The van der Waals surface area contributed by atoms with Crippen molar-refractivity contribution in [2.45, 2.75) is 56.9 Å². The Labute approximate surface area is 278 Å². The average molecular weight is 660 g/mol. The van der Waals surface area contributed by atoms with Crippen LogP contribution in [0.15, 0.2) is 54.9 Å². The molecule has 252 valence electrons. The highest BCUT2D eigenvalue weighted by Gasteiger charge is 2.48. The Balaban J connectivity index is 1.18. The number of benzene rings is 2. The molecule has 0 spiro atoms. The minimum Gasteiger partial charge on any atom is -0.348 e. The number of halogens is 3. The molecule has 3 heterocycles. The van der Waals surface area contributed by atoms with Crippen LogP contribution >= 0.6 is 0 Å². The van der Waals surface area contributed by atoms with E-state index >= 15 is 0 Å². The van der Waals surface area contributed by atoms with E-state index < -0.39 is 17.6 Å². The number of nitrogens with zero attached hydrogens (tertiary/aromatic N) is 6. The van der Waals surface area contributed by atoms with Crippen molar-refractivity contribution in [2.75, 3.05) is 38.1 Å². The Hall–Kier alpha value is -4.47. The van der Waals surface area contributed by atoms with Crippen LogP contribution in [0.5, 0.6) is 0 Å². The second kappa shape index (κ2) is 13.2. The Morgan fingerprint density at radius 2 is 2.04 bits per heavy atom. The van der Waals surface area contributed by atoms with Gasteiger partial charge in [0.15, 0.2) is 0 Å². The molecular weight excluding hydrogens is 619 g/mol. The van der Waals surface area contributed by atoms with Crippen LogP contribution in [-0.2, 0) is 36.5 Å². The summed E-state index contributed by atoms with van der Waals surface area (Å²) in [7, 11) is 3.76. The van der Waals surface area contributed by atoms with E-state index in [1.807, 2.05) is 46.7 Å². The highest BCUT2D eigenvalue weighted by molar-refractivity contribution is 6.10. The van der Waals surface area contributed by atoms with Crippen LogP contribution in [0, 0.1) is 18.3 Å². The summed E-state index contributed by atoms with van der Waals surface area (Å²) in [4.78, 5) is 31.6. The lowest BCUT2D eigenvalue weighted by Crippen LogP contribution is -2.43. The van der Waals surface area contributed by atoms with Gasteiger partial charge in [-0.2, -0.15) is 13.2 Å². The van der Waals surface area contributed by atoms with E-state index in [0.29, 0.717) is 49.8 Å². The fourth-order valence-corrected chi connectivity index (χ4v) is 7.55. The van der Waals surface area contributed by atoms with Gasteiger partial charge in [0.2, 0.25) is 5.91 Å². The number of anilines is 1. The molecule has 1 saturated heterocycles. The molecule has 9 nitrogen and oxygen atoms in total. The normalized spacial score (nSPS) is 22.7. The Morgan fingerprint density at radius 3 is 2.73 bits per heavy atom. The summed E-state index contributed by atoms with van der Waals surface area (Å²) in [5.74, 6) is 3.18. The number of likely N-dealkylation sites (N-methyl/N-ethyl adjacent to an activating group) is 1. The Kier molecular flexibility index (Phi) is 9.20. The molecule has 1 atom stereocenters. The van der Waals surface area contributed by atoms with Crippen LogP contribution in [0.1, 0.15) is 64.6 Å². The number of rotatable bonds is 10. The van der Waals surface area contributed by atoms with E-state index in [9.17, 15) is 22.8 Å². The third-order valence-electron chi connectivity index (χ3n) is 9.72. The van der Waals surface area contributed by atoms with Crippen LogP contribution in [-0.4, -0.2) is 75.6 Å². The Bertz CT molecular complexity index is 1770. The third kappa shape index (κ3) is 6.62. The molecule has 1 aliphatic carbocycles. The molecule has 2 amide bonds. The molecule has 1 aromatic heterocycles. The van der Waals surface area contributed by atoms with E-state index in [1.54, 1.807) is 24.5 Å². The van der Waals surface area contributed by atoms with Crippen molar-refractivity contribution in [2.24, 2.45) is 13.0 Å². The van der Waals surface area contributed by atoms with Crippen molar-refractivity contribution in [1.29, 1.82) is 0 Å². The second-order valence-corrected chi connectivity index (χ2v) is 13.5. The van der Waals surface area contributed by atoms with Crippen LogP contribution in [0.25, 0.3) is 0 Å². The van der Waals surface area contributed by atoms with Crippen LogP contribution in [0.2, 0.25) is 0 Å². The van der Waals surface area contributed by atoms with Gasteiger partial charge in [0, 0.05) is 56.6 Å². The van der Waals surface area contributed by atoms with Crippen LogP contribution in [0.3, 0.4) is 0 Å². The maximum absolute atomic E-state index is 14.5. The fourth-order valence-electron chi connectivity index (χ4n) is 7.55. The van der Waals surface area contributed by atoms with E-state index in [2.05, 4.69) is 28.4 Å². The largest absolute Gasteiger partial charge is 0.416 e. The number of hydrogen-bond acceptors (Lipinski definition) is 6. The molecule has 6 rings (SSSR count). The van der Waals surface area contributed by atoms with Crippen molar-refractivity contribution in [3.05, 3.63) is 88.5 Å². The number of alkyl halides is 3. The summed E-state index contributed by atoms with van der Waals surface area (Å²) >= 11 is 0. The van der Waals surface area contributed by atoms with Gasteiger partial charge in [-0.15, -0.1) is 16.6 Å². The number of nitrogens with one attached hydrogen (secondary N) is 1. The van der Waals surface area contributed by atoms with Crippen LogP contribution < -0.4 is 10.2 Å². The molecule has 2 aromatic carbocycles. The lowest BCUT2D eigenvalue weighted by atomic mass is 9.58. The minimum absolute atomic E-state index is 0.00632. The number of carbonyl (C=O) groups is 2. The van der Waals surface area contributed by atoms with Gasteiger partial charge in [-0.25, -0.2) is 0 Å². The first-order valence-electron chi connectivity index (χ1n) is 16.2.